The van der Waals surface area contributed by atoms with Gasteiger partial charge in [-0.3, -0.25) is 9.59 Å². The highest BCUT2D eigenvalue weighted by molar-refractivity contribution is 6.29. The minimum Gasteiger partial charge on any atom is -0.440 e. The van der Waals surface area contributed by atoms with Gasteiger partial charge in [0, 0.05) is 13.1 Å². The van der Waals surface area contributed by atoms with Crippen LogP contribution in [0.1, 0.15) is 23.4 Å². The van der Waals surface area contributed by atoms with Gasteiger partial charge in [0.25, 0.3) is 5.91 Å². The van der Waals surface area contributed by atoms with E-state index in [0.717, 1.165) is 25.2 Å². The molecule has 1 atom stereocenters. The van der Waals surface area contributed by atoms with Gasteiger partial charge in [0.15, 0.2) is 11.0 Å². The van der Waals surface area contributed by atoms with Crippen LogP contribution in [0, 0.1) is 5.92 Å². The first-order valence-corrected chi connectivity index (χ1v) is 7.98. The van der Waals surface area contributed by atoms with Crippen LogP contribution in [0.4, 0.5) is 11.5 Å². The molecular weight excluding hydrogens is 332 g/mol. The number of nitrogens with two attached hydrogens (primary N) is 1. The molecule has 3 heterocycles. The predicted octanol–water partition coefficient (Wildman–Crippen LogP) is 2.28. The van der Waals surface area contributed by atoms with Gasteiger partial charge < -0.3 is 20.4 Å². The molecule has 126 valence electrons. The van der Waals surface area contributed by atoms with Crippen LogP contribution in [0.15, 0.2) is 34.9 Å². The Bertz CT molecular complexity index is 744. The van der Waals surface area contributed by atoms with Crippen LogP contribution in [0.5, 0.6) is 0 Å². The molecule has 2 aromatic heterocycles. The Kier molecular flexibility index (Phi) is 4.71. The zero-order valence-corrected chi connectivity index (χ0v) is 13.6. The summed E-state index contributed by atoms with van der Waals surface area (Å²) in [4.78, 5) is 29.7. The van der Waals surface area contributed by atoms with Crippen LogP contribution in [0.25, 0.3) is 0 Å². The number of anilines is 2. The summed E-state index contributed by atoms with van der Waals surface area (Å²) in [5.74, 6) is 0.0527. The van der Waals surface area contributed by atoms with E-state index in [4.69, 9.17) is 21.8 Å². The van der Waals surface area contributed by atoms with Gasteiger partial charge in [-0.25, -0.2) is 4.98 Å². The summed E-state index contributed by atoms with van der Waals surface area (Å²) in [5, 5.41) is 2.84. The highest BCUT2D eigenvalue weighted by Gasteiger charge is 2.24. The molecule has 0 unspecified atom stereocenters. The maximum atomic E-state index is 12.0. The number of hydrogen-bond donors (Lipinski definition) is 2. The molecule has 0 saturated carbocycles. The molecule has 1 fully saturated rings. The first kappa shape index (κ1) is 16.3. The van der Waals surface area contributed by atoms with Gasteiger partial charge in [0.1, 0.15) is 5.82 Å². The number of pyridine rings is 1. The predicted molar refractivity (Wildman–Crippen MR) is 90.0 cm³/mol. The fraction of sp³-hybridized carbons (Fsp3) is 0.312. The molecule has 0 radical (unpaired) electrons. The number of amides is 2. The second kappa shape index (κ2) is 6.92. The van der Waals surface area contributed by atoms with Crippen molar-refractivity contribution in [2.75, 3.05) is 23.3 Å². The van der Waals surface area contributed by atoms with E-state index in [1.54, 1.807) is 18.3 Å². The van der Waals surface area contributed by atoms with E-state index in [1.165, 1.54) is 12.1 Å². The van der Waals surface area contributed by atoms with Gasteiger partial charge in [0.05, 0.1) is 17.8 Å². The Hall–Kier alpha value is -2.54. The molecule has 3 rings (SSSR count). The Morgan fingerprint density at radius 3 is 2.79 bits per heavy atom. The molecule has 0 spiro atoms. The molecule has 8 heteroatoms. The molecule has 0 aliphatic carbocycles. The van der Waals surface area contributed by atoms with Gasteiger partial charge in [-0.05, 0) is 48.7 Å². The number of hydrogen-bond acceptors (Lipinski definition) is 5. The minimum absolute atomic E-state index is 0.129. The summed E-state index contributed by atoms with van der Waals surface area (Å²) in [7, 11) is 0. The highest BCUT2D eigenvalue weighted by Crippen LogP contribution is 2.22. The molecule has 2 amide bonds. The first-order valence-electron chi connectivity index (χ1n) is 7.60. The fourth-order valence-corrected chi connectivity index (χ4v) is 2.84. The SMILES string of the molecule is NC(=O)[C@H]1CCCN(c2ccc(NC(=O)c3ccc(Cl)o3)cn2)C1. The van der Waals surface area contributed by atoms with E-state index in [1.807, 2.05) is 4.90 Å². The summed E-state index contributed by atoms with van der Waals surface area (Å²) < 4.78 is 5.05. The third-order valence-corrected chi connectivity index (χ3v) is 4.15. The number of carbonyl (C=O) groups is 2. The lowest BCUT2D eigenvalue weighted by Gasteiger charge is -2.32. The van der Waals surface area contributed by atoms with Crippen molar-refractivity contribution in [3.05, 3.63) is 41.4 Å². The standard InChI is InChI=1S/C16H17ClN4O3/c17-13-5-4-12(24-13)16(23)20-11-3-6-14(19-8-11)21-7-1-2-10(9-21)15(18)22/h3-6,8,10H,1-2,7,9H2,(H2,18,22)(H,20,23)/t10-/m0/s1. The second-order valence-corrected chi connectivity index (χ2v) is 6.02. The maximum Gasteiger partial charge on any atom is 0.291 e. The van der Waals surface area contributed by atoms with Crippen molar-refractivity contribution in [3.8, 4) is 0 Å². The number of halogens is 1. The van der Waals surface area contributed by atoms with E-state index in [0.29, 0.717) is 12.2 Å². The van der Waals surface area contributed by atoms with Crippen LogP contribution in [0.3, 0.4) is 0 Å². The first-order chi connectivity index (χ1) is 11.5. The number of nitrogens with zero attached hydrogens (tertiary/aromatic N) is 2. The van der Waals surface area contributed by atoms with Crippen molar-refractivity contribution < 1.29 is 14.0 Å². The van der Waals surface area contributed by atoms with Crippen molar-refractivity contribution >= 4 is 34.9 Å². The molecular formula is C16H17ClN4O3. The summed E-state index contributed by atoms with van der Waals surface area (Å²) in [6.07, 6.45) is 3.27. The topological polar surface area (TPSA) is 101 Å². The summed E-state index contributed by atoms with van der Waals surface area (Å²) >= 11 is 5.65. The summed E-state index contributed by atoms with van der Waals surface area (Å²) in [6.45, 7) is 1.40. The minimum atomic E-state index is -0.400. The smallest absolute Gasteiger partial charge is 0.291 e. The van der Waals surface area contributed by atoms with Crippen molar-refractivity contribution in [3.63, 3.8) is 0 Å². The summed E-state index contributed by atoms with van der Waals surface area (Å²) in [5.41, 5.74) is 5.93. The van der Waals surface area contributed by atoms with Gasteiger partial charge >= 0.3 is 0 Å². The van der Waals surface area contributed by atoms with Crippen LogP contribution < -0.4 is 16.0 Å². The largest absolute Gasteiger partial charge is 0.440 e. The number of piperidine rings is 1. The lowest BCUT2D eigenvalue weighted by molar-refractivity contribution is -0.122. The van der Waals surface area contributed by atoms with Crippen molar-refractivity contribution in [1.29, 1.82) is 0 Å². The van der Waals surface area contributed by atoms with E-state index in [-0.39, 0.29) is 22.8 Å². The molecule has 1 aliphatic rings. The fourth-order valence-electron chi connectivity index (χ4n) is 2.69. The average molecular weight is 349 g/mol. The lowest BCUT2D eigenvalue weighted by atomic mass is 9.97. The zero-order valence-electron chi connectivity index (χ0n) is 12.9. The van der Waals surface area contributed by atoms with Gasteiger partial charge in [-0.2, -0.15) is 0 Å². The normalized spacial score (nSPS) is 17.5. The van der Waals surface area contributed by atoms with E-state index in [2.05, 4.69) is 10.3 Å². The quantitative estimate of drug-likeness (QED) is 0.882. The average Bonchev–Trinajstić information content (AvgIpc) is 3.02. The van der Waals surface area contributed by atoms with Crippen molar-refractivity contribution in [2.24, 2.45) is 11.7 Å². The zero-order chi connectivity index (χ0) is 17.1. The highest BCUT2D eigenvalue weighted by atomic mass is 35.5. The number of rotatable bonds is 4. The van der Waals surface area contributed by atoms with E-state index < -0.39 is 5.91 Å². The number of aromatic nitrogens is 1. The van der Waals surface area contributed by atoms with Gasteiger partial charge in [0.2, 0.25) is 5.91 Å². The number of furan rings is 1. The van der Waals surface area contributed by atoms with E-state index in [9.17, 15) is 9.59 Å². The monoisotopic (exact) mass is 348 g/mol. The van der Waals surface area contributed by atoms with Crippen LogP contribution >= 0.6 is 11.6 Å². The number of nitrogens with one attached hydrogen (secondary N) is 1. The number of primary amides is 1. The Morgan fingerprint density at radius 2 is 2.17 bits per heavy atom. The summed E-state index contributed by atoms with van der Waals surface area (Å²) in [6, 6.07) is 6.55. The maximum absolute atomic E-state index is 12.0. The molecule has 0 aromatic carbocycles. The third kappa shape index (κ3) is 3.68. The Labute approximate surface area is 143 Å². The van der Waals surface area contributed by atoms with Gasteiger partial charge in [-0.1, -0.05) is 0 Å². The van der Waals surface area contributed by atoms with Crippen molar-refractivity contribution in [1.82, 2.24) is 4.98 Å². The van der Waals surface area contributed by atoms with Crippen LogP contribution in [-0.2, 0) is 4.79 Å². The molecule has 2 aromatic rings. The third-order valence-electron chi connectivity index (χ3n) is 3.95. The molecule has 3 N–H and O–H groups in total. The molecule has 7 nitrogen and oxygen atoms in total. The number of carbonyl (C=O) groups excluding carboxylic acids is 2. The molecule has 1 aliphatic heterocycles. The molecule has 1 saturated heterocycles. The molecule has 24 heavy (non-hydrogen) atoms. The Morgan fingerprint density at radius 1 is 1.33 bits per heavy atom. The van der Waals surface area contributed by atoms with Crippen LogP contribution in [-0.4, -0.2) is 29.9 Å². The lowest BCUT2D eigenvalue weighted by Crippen LogP contribution is -2.41. The van der Waals surface area contributed by atoms with E-state index >= 15 is 0 Å². The Balaban J connectivity index is 1.65. The second-order valence-electron chi connectivity index (χ2n) is 5.65. The van der Waals surface area contributed by atoms with Crippen molar-refractivity contribution in [2.45, 2.75) is 12.8 Å². The van der Waals surface area contributed by atoms with Gasteiger partial charge in [-0.15, -0.1) is 0 Å². The van der Waals surface area contributed by atoms with Crippen LogP contribution in [0.2, 0.25) is 5.22 Å². The molecule has 0 bridgehead atoms.